The lowest BCUT2D eigenvalue weighted by molar-refractivity contribution is 1.19. The third-order valence-corrected chi connectivity index (χ3v) is 4.32. The molecule has 2 aromatic heterocycles. The summed E-state index contributed by atoms with van der Waals surface area (Å²) in [6.07, 6.45) is 0. The molecule has 0 atom stereocenters. The third kappa shape index (κ3) is 2.57. The Morgan fingerprint density at radius 1 is 0.950 bits per heavy atom. The van der Waals surface area contributed by atoms with Crippen LogP contribution in [-0.2, 0) is 0 Å². The van der Waals surface area contributed by atoms with Crippen LogP contribution in [0, 0.1) is 6.92 Å². The molecule has 0 saturated carbocycles. The summed E-state index contributed by atoms with van der Waals surface area (Å²) < 4.78 is 0. The van der Waals surface area contributed by atoms with Crippen molar-refractivity contribution in [3.63, 3.8) is 0 Å². The second-order valence-corrected chi connectivity index (χ2v) is 6.01. The molecule has 0 unspecified atom stereocenters. The topological polar surface area (TPSA) is 25.8 Å². The summed E-state index contributed by atoms with van der Waals surface area (Å²) >= 11 is 14.1. The number of thiophene rings is 1. The van der Waals surface area contributed by atoms with Crippen molar-refractivity contribution < 1.29 is 0 Å². The lowest BCUT2D eigenvalue weighted by Crippen LogP contribution is -1.93. The molecule has 100 valence electrons. The molecule has 1 aromatic carbocycles. The Morgan fingerprint density at radius 3 is 2.15 bits per heavy atom. The van der Waals surface area contributed by atoms with Gasteiger partial charge in [-0.25, -0.2) is 9.97 Å². The zero-order valence-corrected chi connectivity index (χ0v) is 12.9. The first-order valence-corrected chi connectivity index (χ1v) is 7.62. The highest BCUT2D eigenvalue weighted by Crippen LogP contribution is 2.35. The number of rotatable bonds is 2. The third-order valence-electron chi connectivity index (χ3n) is 2.90. The quantitative estimate of drug-likeness (QED) is 0.583. The number of halogens is 2. The Bertz CT molecular complexity index is 714. The normalized spacial score (nSPS) is 10.8. The maximum atomic E-state index is 6.29. The molecule has 2 nitrogen and oxygen atoms in total. The van der Waals surface area contributed by atoms with E-state index in [1.165, 1.54) is 5.56 Å². The Balaban J connectivity index is 2.11. The van der Waals surface area contributed by atoms with Crippen molar-refractivity contribution in [2.45, 2.75) is 6.92 Å². The van der Waals surface area contributed by atoms with Crippen molar-refractivity contribution in [2.75, 3.05) is 0 Å². The first kappa shape index (κ1) is 13.6. The molecule has 0 aliphatic carbocycles. The van der Waals surface area contributed by atoms with Crippen LogP contribution in [0.5, 0.6) is 0 Å². The second kappa shape index (κ2) is 5.52. The van der Waals surface area contributed by atoms with E-state index in [1.807, 2.05) is 48.7 Å². The Labute approximate surface area is 131 Å². The maximum absolute atomic E-state index is 6.29. The van der Waals surface area contributed by atoms with Crippen molar-refractivity contribution in [3.8, 4) is 21.8 Å². The highest BCUT2D eigenvalue weighted by Gasteiger charge is 2.14. The van der Waals surface area contributed by atoms with E-state index < -0.39 is 0 Å². The van der Waals surface area contributed by atoms with Crippen LogP contribution in [0.1, 0.15) is 5.56 Å². The minimum atomic E-state index is 0.372. The fourth-order valence-electron chi connectivity index (χ4n) is 1.88. The monoisotopic (exact) mass is 320 g/mol. The summed E-state index contributed by atoms with van der Waals surface area (Å²) in [5.74, 6) is 0.561. The van der Waals surface area contributed by atoms with E-state index in [-0.39, 0.29) is 0 Å². The highest BCUT2D eigenvalue weighted by atomic mass is 35.5. The van der Waals surface area contributed by atoms with Crippen molar-refractivity contribution in [3.05, 3.63) is 57.6 Å². The summed E-state index contributed by atoms with van der Waals surface area (Å²) in [6.45, 7) is 2.03. The maximum Gasteiger partial charge on any atom is 0.172 e. The lowest BCUT2D eigenvalue weighted by Gasteiger charge is -2.08. The Kier molecular flexibility index (Phi) is 3.74. The minimum Gasteiger partial charge on any atom is -0.215 e. The van der Waals surface area contributed by atoms with Gasteiger partial charge in [0.15, 0.2) is 5.82 Å². The van der Waals surface area contributed by atoms with Crippen molar-refractivity contribution >= 4 is 34.5 Å². The molecule has 20 heavy (non-hydrogen) atoms. The molecule has 3 aromatic rings. The Morgan fingerprint density at radius 2 is 1.60 bits per heavy atom. The van der Waals surface area contributed by atoms with E-state index in [0.29, 0.717) is 21.7 Å². The molecule has 0 fully saturated rings. The number of aromatic nitrogens is 2. The molecule has 0 amide bonds. The van der Waals surface area contributed by atoms with Crippen LogP contribution in [0.15, 0.2) is 41.8 Å². The predicted octanol–water partition coefficient (Wildman–Crippen LogP) is 5.49. The van der Waals surface area contributed by atoms with Crippen molar-refractivity contribution in [1.29, 1.82) is 0 Å². The van der Waals surface area contributed by atoms with Crippen LogP contribution < -0.4 is 0 Å². The largest absolute Gasteiger partial charge is 0.215 e. The van der Waals surface area contributed by atoms with E-state index >= 15 is 0 Å². The predicted molar refractivity (Wildman–Crippen MR) is 85.5 cm³/mol. The van der Waals surface area contributed by atoms with Gasteiger partial charge in [-0.15, -0.1) is 11.3 Å². The van der Waals surface area contributed by atoms with Gasteiger partial charge in [0.25, 0.3) is 0 Å². The van der Waals surface area contributed by atoms with Gasteiger partial charge in [-0.2, -0.15) is 0 Å². The van der Waals surface area contributed by atoms with Gasteiger partial charge in [-0.3, -0.25) is 0 Å². The number of benzene rings is 1. The average molecular weight is 321 g/mol. The van der Waals surface area contributed by atoms with Crippen LogP contribution >= 0.6 is 34.5 Å². The molecule has 3 rings (SSSR count). The molecule has 0 aliphatic rings. The standard InChI is InChI=1S/C15H10Cl2N2S/c1-9-4-6-10(7-5-9)12-13(16)18-15(19-14(12)17)11-3-2-8-20-11/h2-8H,1H3. The van der Waals surface area contributed by atoms with Gasteiger partial charge in [-0.1, -0.05) is 59.1 Å². The van der Waals surface area contributed by atoms with Gasteiger partial charge >= 0.3 is 0 Å². The molecule has 0 aliphatic heterocycles. The van der Waals surface area contributed by atoms with E-state index in [2.05, 4.69) is 9.97 Å². The van der Waals surface area contributed by atoms with Gasteiger partial charge in [0.05, 0.1) is 10.4 Å². The summed E-state index contributed by atoms with van der Waals surface area (Å²) in [6, 6.07) is 11.8. The van der Waals surface area contributed by atoms with E-state index in [4.69, 9.17) is 23.2 Å². The molecule has 0 radical (unpaired) electrons. The van der Waals surface area contributed by atoms with E-state index in [9.17, 15) is 0 Å². The van der Waals surface area contributed by atoms with Crippen molar-refractivity contribution in [1.82, 2.24) is 9.97 Å². The molecular weight excluding hydrogens is 311 g/mol. The number of aryl methyl sites for hydroxylation is 1. The fourth-order valence-corrected chi connectivity index (χ4v) is 3.15. The van der Waals surface area contributed by atoms with Gasteiger partial charge in [0.1, 0.15) is 10.3 Å². The molecule has 2 heterocycles. The summed E-state index contributed by atoms with van der Waals surface area (Å²) in [5, 5.41) is 2.71. The molecule has 0 bridgehead atoms. The highest BCUT2D eigenvalue weighted by molar-refractivity contribution is 7.13. The lowest BCUT2D eigenvalue weighted by atomic mass is 10.1. The molecule has 0 N–H and O–H groups in total. The van der Waals surface area contributed by atoms with Crippen LogP contribution in [0.25, 0.3) is 21.8 Å². The molecular formula is C15H10Cl2N2S. The first-order chi connectivity index (χ1) is 9.65. The van der Waals surface area contributed by atoms with Crippen molar-refractivity contribution in [2.24, 2.45) is 0 Å². The summed E-state index contributed by atoms with van der Waals surface area (Å²) in [4.78, 5) is 9.66. The SMILES string of the molecule is Cc1ccc(-c2c(Cl)nc(-c3cccs3)nc2Cl)cc1. The number of nitrogens with zero attached hydrogens (tertiary/aromatic N) is 2. The number of hydrogen-bond donors (Lipinski definition) is 0. The first-order valence-electron chi connectivity index (χ1n) is 5.99. The van der Waals surface area contributed by atoms with Gasteiger partial charge < -0.3 is 0 Å². The summed E-state index contributed by atoms with van der Waals surface area (Å²) in [5.41, 5.74) is 2.77. The van der Waals surface area contributed by atoms with E-state index in [0.717, 1.165) is 10.4 Å². The van der Waals surface area contributed by atoms with Gasteiger partial charge in [-0.05, 0) is 23.9 Å². The molecule has 0 spiro atoms. The van der Waals surface area contributed by atoms with Crippen LogP contribution in [-0.4, -0.2) is 9.97 Å². The van der Waals surface area contributed by atoms with Gasteiger partial charge in [0.2, 0.25) is 0 Å². The fraction of sp³-hybridized carbons (Fsp3) is 0.0667. The van der Waals surface area contributed by atoms with Crippen LogP contribution in [0.4, 0.5) is 0 Å². The van der Waals surface area contributed by atoms with Crippen LogP contribution in [0.2, 0.25) is 10.3 Å². The molecule has 0 saturated heterocycles. The molecule has 5 heteroatoms. The second-order valence-electron chi connectivity index (χ2n) is 4.35. The smallest absolute Gasteiger partial charge is 0.172 e. The average Bonchev–Trinajstić information content (AvgIpc) is 2.94. The Hall–Kier alpha value is -1.42. The van der Waals surface area contributed by atoms with Gasteiger partial charge in [0, 0.05) is 0 Å². The summed E-state index contributed by atoms with van der Waals surface area (Å²) in [7, 11) is 0. The minimum absolute atomic E-state index is 0.372. The number of hydrogen-bond acceptors (Lipinski definition) is 3. The zero-order valence-electron chi connectivity index (χ0n) is 10.6. The van der Waals surface area contributed by atoms with E-state index in [1.54, 1.807) is 11.3 Å². The zero-order chi connectivity index (χ0) is 14.1. The van der Waals surface area contributed by atoms with Crippen LogP contribution in [0.3, 0.4) is 0 Å².